The van der Waals surface area contributed by atoms with Gasteiger partial charge in [-0.25, -0.2) is 0 Å². The SMILES string of the molecule is CCNC(=NCCc1nc(C)no1)N1CCN(Cc2ccc(Cl)cc2)C(=O)C1.I. The summed E-state index contributed by atoms with van der Waals surface area (Å²) in [6.07, 6.45) is 0.570. The minimum atomic E-state index is 0. The molecule has 1 aromatic carbocycles. The standard InChI is InChI=1S/C19H25ClN6O2.HI/c1-3-21-19(22-9-8-17-23-14(2)24-28-17)26-11-10-25(18(27)13-26)12-15-4-6-16(20)7-5-15;/h4-7H,3,8-13H2,1-2H3,(H,21,22);1H. The Kier molecular flexibility index (Phi) is 9.15. The van der Waals surface area contributed by atoms with Gasteiger partial charge in [0.15, 0.2) is 11.8 Å². The molecule has 1 aliphatic rings. The van der Waals surface area contributed by atoms with Gasteiger partial charge in [-0.05, 0) is 31.5 Å². The lowest BCUT2D eigenvalue weighted by Gasteiger charge is -2.36. The highest BCUT2D eigenvalue weighted by Crippen LogP contribution is 2.13. The Morgan fingerprint density at radius 1 is 1.31 bits per heavy atom. The second-order valence-electron chi connectivity index (χ2n) is 6.58. The largest absolute Gasteiger partial charge is 0.357 e. The fourth-order valence-electron chi connectivity index (χ4n) is 2.99. The number of guanidine groups is 1. The summed E-state index contributed by atoms with van der Waals surface area (Å²) in [5.74, 6) is 2.01. The predicted octanol–water partition coefficient (Wildman–Crippen LogP) is 2.50. The van der Waals surface area contributed by atoms with E-state index in [-0.39, 0.29) is 29.9 Å². The van der Waals surface area contributed by atoms with Gasteiger partial charge in [-0.2, -0.15) is 4.98 Å². The zero-order valence-electron chi connectivity index (χ0n) is 16.6. The molecule has 0 saturated carbocycles. The van der Waals surface area contributed by atoms with Crippen molar-refractivity contribution in [2.24, 2.45) is 4.99 Å². The monoisotopic (exact) mass is 532 g/mol. The van der Waals surface area contributed by atoms with Crippen LogP contribution < -0.4 is 5.32 Å². The Morgan fingerprint density at radius 2 is 2.07 bits per heavy atom. The van der Waals surface area contributed by atoms with Gasteiger partial charge in [0.05, 0.1) is 13.1 Å². The molecule has 0 unspecified atom stereocenters. The van der Waals surface area contributed by atoms with E-state index in [1.54, 1.807) is 6.92 Å². The number of nitrogens with one attached hydrogen (secondary N) is 1. The molecule has 1 N–H and O–H groups in total. The maximum atomic E-state index is 12.6. The highest BCUT2D eigenvalue weighted by molar-refractivity contribution is 14.0. The molecule has 0 spiro atoms. The van der Waals surface area contributed by atoms with Crippen LogP contribution in [-0.2, 0) is 17.8 Å². The van der Waals surface area contributed by atoms with Gasteiger partial charge in [0, 0.05) is 37.6 Å². The van der Waals surface area contributed by atoms with Crippen molar-refractivity contribution in [3.05, 3.63) is 46.6 Å². The van der Waals surface area contributed by atoms with Crippen LogP contribution in [0.4, 0.5) is 0 Å². The summed E-state index contributed by atoms with van der Waals surface area (Å²) in [4.78, 5) is 25.3. The summed E-state index contributed by atoms with van der Waals surface area (Å²) in [7, 11) is 0. The van der Waals surface area contributed by atoms with E-state index < -0.39 is 0 Å². The number of halogens is 2. The molecule has 1 aliphatic heterocycles. The first-order valence-corrected chi connectivity index (χ1v) is 9.77. The number of rotatable bonds is 6. The first-order valence-electron chi connectivity index (χ1n) is 9.40. The van der Waals surface area contributed by atoms with Crippen molar-refractivity contribution >= 4 is 47.4 Å². The van der Waals surface area contributed by atoms with E-state index in [1.165, 1.54) is 0 Å². The van der Waals surface area contributed by atoms with Crippen LogP contribution in [0.3, 0.4) is 0 Å². The number of carbonyl (C=O) groups excluding carboxylic acids is 1. The highest BCUT2D eigenvalue weighted by Gasteiger charge is 2.26. The average Bonchev–Trinajstić information content (AvgIpc) is 3.09. The fraction of sp³-hybridized carbons (Fsp3) is 0.474. The first kappa shape index (κ1) is 23.4. The summed E-state index contributed by atoms with van der Waals surface area (Å²) < 4.78 is 5.11. The Balaban J connectivity index is 0.00000300. The number of aromatic nitrogens is 2. The molecule has 29 heavy (non-hydrogen) atoms. The maximum Gasteiger partial charge on any atom is 0.242 e. The third-order valence-corrected chi connectivity index (χ3v) is 4.65. The molecule has 1 fully saturated rings. The summed E-state index contributed by atoms with van der Waals surface area (Å²) in [6, 6.07) is 7.59. The summed E-state index contributed by atoms with van der Waals surface area (Å²) >= 11 is 5.93. The first-order chi connectivity index (χ1) is 13.5. The number of carbonyl (C=O) groups is 1. The van der Waals surface area contributed by atoms with Gasteiger partial charge in [-0.1, -0.05) is 28.9 Å². The van der Waals surface area contributed by atoms with E-state index >= 15 is 0 Å². The number of aryl methyl sites for hydroxylation is 1. The molecular formula is C19H26ClIN6O2. The van der Waals surface area contributed by atoms with Gasteiger partial charge in [0.2, 0.25) is 11.8 Å². The topological polar surface area (TPSA) is 86.9 Å². The van der Waals surface area contributed by atoms with E-state index in [4.69, 9.17) is 16.1 Å². The molecule has 0 bridgehead atoms. The Labute approximate surface area is 192 Å². The lowest BCUT2D eigenvalue weighted by atomic mass is 10.2. The fourth-order valence-corrected chi connectivity index (χ4v) is 3.12. The predicted molar refractivity (Wildman–Crippen MR) is 123 cm³/mol. The molecule has 158 valence electrons. The lowest BCUT2D eigenvalue weighted by molar-refractivity contribution is -0.135. The second-order valence-corrected chi connectivity index (χ2v) is 7.02. The number of aliphatic imine (C=N–C) groups is 1. The number of nitrogens with zero attached hydrogens (tertiary/aromatic N) is 5. The normalized spacial score (nSPS) is 14.7. The zero-order chi connectivity index (χ0) is 19.9. The van der Waals surface area contributed by atoms with Gasteiger partial charge in [-0.3, -0.25) is 9.79 Å². The molecule has 10 heteroatoms. The van der Waals surface area contributed by atoms with Crippen molar-refractivity contribution in [1.82, 2.24) is 25.3 Å². The molecule has 2 aromatic rings. The zero-order valence-corrected chi connectivity index (χ0v) is 19.7. The minimum Gasteiger partial charge on any atom is -0.357 e. The molecule has 0 aliphatic carbocycles. The van der Waals surface area contributed by atoms with Crippen molar-refractivity contribution in [1.29, 1.82) is 0 Å². The van der Waals surface area contributed by atoms with Gasteiger partial charge < -0.3 is 19.6 Å². The molecular weight excluding hydrogens is 507 g/mol. The van der Waals surface area contributed by atoms with E-state index in [0.717, 1.165) is 24.6 Å². The lowest BCUT2D eigenvalue weighted by Crippen LogP contribution is -2.55. The third kappa shape index (κ3) is 6.84. The van der Waals surface area contributed by atoms with Crippen LogP contribution in [0.15, 0.2) is 33.8 Å². The van der Waals surface area contributed by atoms with Gasteiger partial charge in [0.1, 0.15) is 0 Å². The van der Waals surface area contributed by atoms with Crippen molar-refractivity contribution in [2.75, 3.05) is 32.7 Å². The minimum absolute atomic E-state index is 0. The molecule has 1 aromatic heterocycles. The van der Waals surface area contributed by atoms with Gasteiger partial charge in [-0.15, -0.1) is 24.0 Å². The van der Waals surface area contributed by atoms with Crippen LogP contribution in [0, 0.1) is 6.92 Å². The molecule has 3 rings (SSSR count). The van der Waals surface area contributed by atoms with Crippen LogP contribution in [0.2, 0.25) is 5.02 Å². The third-order valence-electron chi connectivity index (χ3n) is 4.40. The quantitative estimate of drug-likeness (QED) is 0.350. The van der Waals surface area contributed by atoms with Gasteiger partial charge in [0.25, 0.3) is 0 Å². The van der Waals surface area contributed by atoms with E-state index in [9.17, 15) is 4.79 Å². The summed E-state index contributed by atoms with van der Waals surface area (Å²) in [5.41, 5.74) is 1.07. The highest BCUT2D eigenvalue weighted by atomic mass is 127. The van der Waals surface area contributed by atoms with Gasteiger partial charge >= 0.3 is 0 Å². The van der Waals surface area contributed by atoms with E-state index in [0.29, 0.717) is 49.3 Å². The van der Waals surface area contributed by atoms with E-state index in [2.05, 4.69) is 20.4 Å². The summed E-state index contributed by atoms with van der Waals surface area (Å²) in [6.45, 7) is 7.32. The molecule has 8 nitrogen and oxygen atoms in total. The van der Waals surface area contributed by atoms with E-state index in [1.807, 2.05) is 41.0 Å². The molecule has 2 heterocycles. The Hall–Kier alpha value is -1.88. The van der Waals surface area contributed by atoms with Crippen LogP contribution in [-0.4, -0.2) is 64.5 Å². The number of hydrogen-bond donors (Lipinski definition) is 1. The maximum absolute atomic E-state index is 12.6. The average molecular weight is 533 g/mol. The van der Waals surface area contributed by atoms with Crippen molar-refractivity contribution in [2.45, 2.75) is 26.8 Å². The summed E-state index contributed by atoms with van der Waals surface area (Å²) in [5, 5.41) is 7.74. The number of benzene rings is 1. The van der Waals surface area contributed by atoms with Crippen molar-refractivity contribution < 1.29 is 9.32 Å². The molecule has 0 radical (unpaired) electrons. The number of amides is 1. The number of hydrogen-bond acceptors (Lipinski definition) is 5. The smallest absolute Gasteiger partial charge is 0.242 e. The van der Waals surface area contributed by atoms with Crippen LogP contribution in [0.5, 0.6) is 0 Å². The molecule has 1 saturated heterocycles. The van der Waals surface area contributed by atoms with Crippen LogP contribution >= 0.6 is 35.6 Å². The molecule has 1 amide bonds. The number of piperazine rings is 1. The Bertz CT molecular complexity index is 826. The van der Waals surface area contributed by atoms with Crippen LogP contribution in [0.25, 0.3) is 0 Å². The molecule has 0 atom stereocenters. The van der Waals surface area contributed by atoms with Crippen molar-refractivity contribution in [3.8, 4) is 0 Å². The second kappa shape index (κ2) is 11.3. The Morgan fingerprint density at radius 3 is 2.69 bits per heavy atom. The van der Waals surface area contributed by atoms with Crippen LogP contribution in [0.1, 0.15) is 24.2 Å². The van der Waals surface area contributed by atoms with Crippen molar-refractivity contribution in [3.63, 3.8) is 0 Å².